The van der Waals surface area contributed by atoms with Crippen molar-refractivity contribution in [2.24, 2.45) is 86.5 Å². The lowest BCUT2D eigenvalue weighted by Crippen LogP contribution is -2.39. The summed E-state index contributed by atoms with van der Waals surface area (Å²) in [5, 5.41) is 2.71. The van der Waals surface area contributed by atoms with Gasteiger partial charge in [-0.2, -0.15) is 0 Å². The molecule has 0 fully saturated rings. The number of carbonyl (C=O) groups is 7. The van der Waals surface area contributed by atoms with E-state index in [0.717, 1.165) is 49.0 Å². The average molecular weight is 1060 g/mol. The molecule has 0 aliphatic carbocycles. The van der Waals surface area contributed by atoms with E-state index in [2.05, 4.69) is 67.6 Å². The van der Waals surface area contributed by atoms with Gasteiger partial charge >= 0.3 is 0 Å². The molecule has 1 aromatic rings. The van der Waals surface area contributed by atoms with Crippen LogP contribution in [0.25, 0.3) is 0 Å². The van der Waals surface area contributed by atoms with Crippen molar-refractivity contribution in [3.05, 3.63) is 35.9 Å². The smallest absolute Gasteiger partial charge is 0.216 e. The van der Waals surface area contributed by atoms with Gasteiger partial charge in [-0.1, -0.05) is 202 Å². The first-order valence-corrected chi connectivity index (χ1v) is 28.4. The van der Waals surface area contributed by atoms with Crippen LogP contribution in [0.15, 0.2) is 30.3 Å². The molecule has 12 heteroatoms. The minimum Gasteiger partial charge on any atom is -0.356 e. The molecule has 0 saturated heterocycles. The second kappa shape index (κ2) is 42.6. The van der Waals surface area contributed by atoms with Gasteiger partial charge in [0.15, 0.2) is 11.6 Å². The maximum absolute atomic E-state index is 12.7. The topological polar surface area (TPSA) is 236 Å². The fourth-order valence-corrected chi connectivity index (χ4v) is 6.97. The summed E-state index contributed by atoms with van der Waals surface area (Å²) in [5.74, 6) is 2.06. The van der Waals surface area contributed by atoms with E-state index in [-0.39, 0.29) is 94.9 Å². The molecule has 1 amide bonds. The number of Topliss-reactive ketones (excluding diaryl/α,β-unsaturated/α-hetero) is 6. The second-order valence-corrected chi connectivity index (χ2v) is 26.4. The van der Waals surface area contributed by atoms with Crippen molar-refractivity contribution in [3.63, 3.8) is 0 Å². The fourth-order valence-electron chi connectivity index (χ4n) is 6.97. The molecule has 6 atom stereocenters. The lowest BCUT2D eigenvalue weighted by Gasteiger charge is -2.25. The van der Waals surface area contributed by atoms with Gasteiger partial charge < -0.3 is 28.3 Å². The van der Waals surface area contributed by atoms with Gasteiger partial charge in [-0.25, -0.2) is 0 Å². The van der Waals surface area contributed by atoms with Crippen LogP contribution in [0.4, 0.5) is 0 Å². The van der Waals surface area contributed by atoms with Gasteiger partial charge in [-0.05, 0) is 73.8 Å². The van der Waals surface area contributed by atoms with Crippen LogP contribution in [0.5, 0.6) is 0 Å². The third kappa shape index (κ3) is 47.5. The van der Waals surface area contributed by atoms with Crippen LogP contribution in [0, 0.1) is 63.6 Å². The number of nitrogens with one attached hydrogen (secondary N) is 1. The number of rotatable bonds is 25. The molecule has 0 aliphatic rings. The van der Waals surface area contributed by atoms with Crippen molar-refractivity contribution in [1.82, 2.24) is 5.32 Å². The number of benzene rings is 1. The van der Waals surface area contributed by atoms with E-state index in [1.165, 1.54) is 6.92 Å². The van der Waals surface area contributed by atoms with Crippen molar-refractivity contribution in [2.45, 2.75) is 249 Å². The number of unbranched alkanes of at least 4 members (excludes halogenated alkanes) is 2. The van der Waals surface area contributed by atoms with Crippen molar-refractivity contribution in [2.75, 3.05) is 13.1 Å². The monoisotopic (exact) mass is 1060 g/mol. The number of nitrogens with two attached hydrogens (primary N) is 4. The SMILES string of the molecule is CC(=O)NCCCC(CC(=O)C(N)C(C)C)C(=O)C(C)(C)C.CC(C)(C)C(=O)C(CCCCCN)CC(=O)C(N)Cc1ccccc1.CC(C)C.CC(C)C.CC(C)C.CC(CC(=O)C(N)C(C)C)C(=O)C(C)(C)C. The van der Waals surface area contributed by atoms with Crippen LogP contribution in [-0.2, 0) is 40.0 Å². The normalized spacial score (nSPS) is 13.8. The van der Waals surface area contributed by atoms with E-state index < -0.39 is 29.0 Å². The Morgan fingerprint density at radius 1 is 0.480 bits per heavy atom. The zero-order valence-corrected chi connectivity index (χ0v) is 52.9. The van der Waals surface area contributed by atoms with Crippen LogP contribution >= 0.6 is 0 Å². The van der Waals surface area contributed by atoms with Crippen LogP contribution < -0.4 is 28.3 Å². The van der Waals surface area contributed by atoms with Gasteiger partial charge in [-0.15, -0.1) is 0 Å². The highest BCUT2D eigenvalue weighted by molar-refractivity contribution is 5.94. The van der Waals surface area contributed by atoms with Gasteiger partial charge in [0.05, 0.1) is 18.1 Å². The Bertz CT molecular complexity index is 1680. The van der Waals surface area contributed by atoms with E-state index in [0.29, 0.717) is 32.4 Å². The summed E-state index contributed by atoms with van der Waals surface area (Å²) in [4.78, 5) is 84.6. The van der Waals surface area contributed by atoms with E-state index in [4.69, 9.17) is 22.9 Å². The Hall–Kier alpha value is -3.45. The molecule has 1 rings (SSSR count). The largest absolute Gasteiger partial charge is 0.356 e. The molecular weight excluding hydrogens is 939 g/mol. The zero-order valence-electron chi connectivity index (χ0n) is 52.9. The standard InChI is InChI=1S/C21H34N2O2.C17H32N2O3.C13H25NO2.3C4H10/c1-21(2,3)20(25)17(12-8-5-9-13-22)15-19(24)18(23)14-16-10-6-4-7-11-16;1-11(2)15(18)14(21)10-13(16(22)17(4,5)6)8-7-9-19-12(3)20;1-8(2)11(14)10(15)7-9(3)12(16)13(4,5)6;3*1-4(2)3/h4,6-7,10-11,17-18H,5,8-9,12-15,22-23H2,1-3H3;11,13,15H,7-10,18H2,1-6H3,(H,19,20);8-9,11H,7,14H2,1-6H3;3*4H,1-3H3. The minimum absolute atomic E-state index is 0.0138. The highest BCUT2D eigenvalue weighted by Gasteiger charge is 2.34. The van der Waals surface area contributed by atoms with Gasteiger partial charge in [0.2, 0.25) is 5.91 Å². The quantitative estimate of drug-likeness (QED) is 0.0578. The highest BCUT2D eigenvalue weighted by Crippen LogP contribution is 2.28. The molecule has 12 nitrogen and oxygen atoms in total. The number of ketones is 6. The molecule has 0 aliphatic heterocycles. The fraction of sp³-hybridized carbons (Fsp3) is 0.794. The van der Waals surface area contributed by atoms with Crippen LogP contribution in [-0.4, -0.2) is 71.8 Å². The van der Waals surface area contributed by atoms with Crippen LogP contribution in [0.1, 0.15) is 230 Å². The zero-order chi connectivity index (χ0) is 60.2. The highest BCUT2D eigenvalue weighted by atomic mass is 16.2. The summed E-state index contributed by atoms with van der Waals surface area (Å²) in [6, 6.07) is 8.24. The molecule has 9 N–H and O–H groups in total. The second-order valence-electron chi connectivity index (χ2n) is 26.4. The van der Waals surface area contributed by atoms with E-state index in [1.54, 1.807) is 6.92 Å². The molecular formula is C63H121N5O7. The maximum atomic E-state index is 12.7. The van der Waals surface area contributed by atoms with Crippen molar-refractivity contribution in [3.8, 4) is 0 Å². The van der Waals surface area contributed by atoms with Crippen LogP contribution in [0.3, 0.4) is 0 Å². The molecule has 0 spiro atoms. The lowest BCUT2D eigenvalue weighted by molar-refractivity contribution is -0.134. The number of hydrogen-bond donors (Lipinski definition) is 5. The maximum Gasteiger partial charge on any atom is 0.216 e. The molecule has 0 bridgehead atoms. The van der Waals surface area contributed by atoms with Crippen molar-refractivity contribution in [1.29, 1.82) is 0 Å². The minimum atomic E-state index is -0.554. The van der Waals surface area contributed by atoms with E-state index >= 15 is 0 Å². The predicted molar refractivity (Wildman–Crippen MR) is 319 cm³/mol. The molecule has 0 radical (unpaired) electrons. The number of hydrogen-bond acceptors (Lipinski definition) is 11. The summed E-state index contributed by atoms with van der Waals surface area (Å²) in [6.45, 7) is 48.5. The number of carbonyl (C=O) groups excluding carboxylic acids is 7. The molecule has 0 saturated carbocycles. The first-order chi connectivity index (χ1) is 34.0. The summed E-state index contributed by atoms with van der Waals surface area (Å²) in [7, 11) is 0. The molecule has 0 aromatic heterocycles. The average Bonchev–Trinajstić information content (AvgIpc) is 3.25. The van der Waals surface area contributed by atoms with Gasteiger partial charge in [0.25, 0.3) is 0 Å². The van der Waals surface area contributed by atoms with Gasteiger partial charge in [0.1, 0.15) is 23.1 Å². The first kappa shape index (κ1) is 80.4. The third-order valence-electron chi connectivity index (χ3n) is 11.1. The van der Waals surface area contributed by atoms with Crippen LogP contribution in [0.2, 0.25) is 0 Å². The summed E-state index contributed by atoms with van der Waals surface area (Å²) in [5.41, 5.74) is 23.0. The molecule has 0 heterocycles. The summed E-state index contributed by atoms with van der Waals surface area (Å²) >= 11 is 0. The van der Waals surface area contributed by atoms with Crippen molar-refractivity contribution >= 4 is 40.6 Å². The third-order valence-corrected chi connectivity index (χ3v) is 11.1. The molecule has 75 heavy (non-hydrogen) atoms. The Labute approximate surface area is 461 Å². The molecule has 6 unspecified atom stereocenters. The first-order valence-electron chi connectivity index (χ1n) is 28.4. The summed E-state index contributed by atoms with van der Waals surface area (Å²) < 4.78 is 0. The van der Waals surface area contributed by atoms with Crippen molar-refractivity contribution < 1.29 is 33.6 Å². The number of amides is 1. The Balaban J connectivity index is -0.000000298. The van der Waals surface area contributed by atoms with E-state index in [9.17, 15) is 33.6 Å². The Morgan fingerprint density at radius 3 is 1.16 bits per heavy atom. The van der Waals surface area contributed by atoms with Gasteiger partial charge in [0, 0.05) is 66.7 Å². The Kier molecular flexibility index (Phi) is 45.6. The Morgan fingerprint density at radius 2 is 0.827 bits per heavy atom. The predicted octanol–water partition coefficient (Wildman–Crippen LogP) is 12.5. The molecule has 1 aromatic carbocycles. The molecule has 440 valence electrons. The summed E-state index contributed by atoms with van der Waals surface area (Å²) in [6.07, 6.45) is 6.08. The lowest BCUT2D eigenvalue weighted by atomic mass is 9.78. The van der Waals surface area contributed by atoms with Gasteiger partial charge in [-0.3, -0.25) is 33.6 Å². The van der Waals surface area contributed by atoms with E-state index in [1.807, 2.05) is 120 Å².